The topological polar surface area (TPSA) is 81.7 Å². The highest BCUT2D eigenvalue weighted by Gasteiger charge is 2.21. The van der Waals surface area contributed by atoms with Crippen LogP contribution in [0.4, 0.5) is 0 Å². The minimum Gasteiger partial charge on any atom is -0.492 e. The molecule has 6 nitrogen and oxygen atoms in total. The molecule has 0 aliphatic rings. The Kier molecular flexibility index (Phi) is 6.39. The quantitative estimate of drug-likeness (QED) is 0.751. The average molecular weight is 377 g/mol. The van der Waals surface area contributed by atoms with Crippen LogP contribution < -0.4 is 9.46 Å². The molecule has 2 rings (SSSR count). The van der Waals surface area contributed by atoms with Crippen LogP contribution in [0, 0.1) is 13.8 Å². The maximum atomic E-state index is 12.6. The van der Waals surface area contributed by atoms with Gasteiger partial charge < -0.3 is 9.47 Å². The molecule has 0 saturated carbocycles. The summed E-state index contributed by atoms with van der Waals surface area (Å²) in [5, 5.41) is 0. The van der Waals surface area contributed by atoms with Crippen molar-refractivity contribution in [1.29, 1.82) is 0 Å². The third-order valence-electron chi connectivity index (χ3n) is 3.86. The Labute approximate surface area is 154 Å². The molecule has 0 bridgehead atoms. The van der Waals surface area contributed by atoms with Gasteiger partial charge in [-0.1, -0.05) is 24.3 Å². The van der Waals surface area contributed by atoms with Gasteiger partial charge in [-0.25, -0.2) is 17.9 Å². The first-order chi connectivity index (χ1) is 12.2. The molecule has 2 aromatic carbocycles. The summed E-state index contributed by atoms with van der Waals surface area (Å²) < 4.78 is 38.1. The van der Waals surface area contributed by atoms with Gasteiger partial charge in [0, 0.05) is 0 Å². The number of rotatable bonds is 7. The molecule has 0 spiro atoms. The standard InChI is InChI=1S/C19H23NO5S/c1-13-9-10-16(11-17(13)19(21)24-4)26(22,23)20-15(3)12-25-18-8-6-5-7-14(18)2/h5-11,15,20H,12H2,1-4H3/t15-/m0/s1. The number of ether oxygens (including phenoxy) is 2. The van der Waals surface area contributed by atoms with Crippen molar-refractivity contribution in [2.75, 3.05) is 13.7 Å². The summed E-state index contributed by atoms with van der Waals surface area (Å²) >= 11 is 0. The fraction of sp³-hybridized carbons (Fsp3) is 0.316. The lowest BCUT2D eigenvalue weighted by Gasteiger charge is -2.17. The van der Waals surface area contributed by atoms with Gasteiger partial charge in [-0.15, -0.1) is 0 Å². The Balaban J connectivity index is 2.10. The summed E-state index contributed by atoms with van der Waals surface area (Å²) in [4.78, 5) is 11.8. The summed E-state index contributed by atoms with van der Waals surface area (Å²) in [7, 11) is -2.54. The highest BCUT2D eigenvalue weighted by atomic mass is 32.2. The molecule has 0 saturated heterocycles. The summed E-state index contributed by atoms with van der Waals surface area (Å²) in [6, 6.07) is 11.4. The molecule has 1 atom stereocenters. The SMILES string of the molecule is COC(=O)c1cc(S(=O)(=O)N[C@@H](C)COc2ccccc2C)ccc1C. The van der Waals surface area contributed by atoms with Crippen LogP contribution in [0.1, 0.15) is 28.4 Å². The molecule has 140 valence electrons. The van der Waals surface area contributed by atoms with Gasteiger partial charge in [0.1, 0.15) is 12.4 Å². The number of nitrogens with one attached hydrogen (secondary N) is 1. The molecule has 0 aromatic heterocycles. The predicted octanol–water partition coefficient (Wildman–Crippen LogP) is 2.84. The molecular weight excluding hydrogens is 354 g/mol. The maximum absolute atomic E-state index is 12.6. The fourth-order valence-electron chi connectivity index (χ4n) is 2.40. The Morgan fingerprint density at radius 1 is 1.12 bits per heavy atom. The first kappa shape index (κ1) is 19.9. The van der Waals surface area contributed by atoms with E-state index in [1.165, 1.54) is 19.2 Å². The zero-order valence-electron chi connectivity index (χ0n) is 15.3. The van der Waals surface area contributed by atoms with Gasteiger partial charge in [0.2, 0.25) is 10.0 Å². The molecule has 0 amide bonds. The van der Waals surface area contributed by atoms with E-state index in [0.29, 0.717) is 11.3 Å². The lowest BCUT2D eigenvalue weighted by atomic mass is 10.1. The number of methoxy groups -OCH3 is 1. The van der Waals surface area contributed by atoms with E-state index in [2.05, 4.69) is 4.72 Å². The third kappa shape index (κ3) is 4.83. The van der Waals surface area contributed by atoms with E-state index < -0.39 is 22.0 Å². The van der Waals surface area contributed by atoms with Crippen molar-refractivity contribution in [3.8, 4) is 5.75 Å². The van der Waals surface area contributed by atoms with Gasteiger partial charge in [-0.3, -0.25) is 0 Å². The van der Waals surface area contributed by atoms with Crippen molar-refractivity contribution in [1.82, 2.24) is 4.72 Å². The largest absolute Gasteiger partial charge is 0.492 e. The van der Waals surface area contributed by atoms with Crippen molar-refractivity contribution >= 4 is 16.0 Å². The summed E-state index contributed by atoms with van der Waals surface area (Å²) in [6.07, 6.45) is 0. The third-order valence-corrected chi connectivity index (χ3v) is 5.45. The number of sulfonamides is 1. The number of para-hydroxylation sites is 1. The molecule has 26 heavy (non-hydrogen) atoms. The number of carbonyl (C=O) groups is 1. The lowest BCUT2D eigenvalue weighted by molar-refractivity contribution is 0.0599. The summed E-state index contributed by atoms with van der Waals surface area (Å²) in [5.41, 5.74) is 1.84. The van der Waals surface area contributed by atoms with Crippen molar-refractivity contribution in [3.05, 3.63) is 59.2 Å². The number of hydrogen-bond donors (Lipinski definition) is 1. The van der Waals surface area contributed by atoms with Crippen LogP contribution in [0.2, 0.25) is 0 Å². The van der Waals surface area contributed by atoms with Crippen molar-refractivity contribution in [3.63, 3.8) is 0 Å². The average Bonchev–Trinajstić information content (AvgIpc) is 2.60. The molecule has 2 aromatic rings. The summed E-state index contributed by atoms with van der Waals surface area (Å²) in [5.74, 6) is 0.136. The van der Waals surface area contributed by atoms with E-state index in [-0.39, 0.29) is 17.1 Å². The molecule has 0 unspecified atom stereocenters. The minimum absolute atomic E-state index is 0.00578. The highest BCUT2D eigenvalue weighted by molar-refractivity contribution is 7.89. The molecule has 7 heteroatoms. The fourth-order valence-corrected chi connectivity index (χ4v) is 3.65. The van der Waals surface area contributed by atoms with Crippen LogP contribution in [0.5, 0.6) is 5.75 Å². The second kappa shape index (κ2) is 8.33. The first-order valence-corrected chi connectivity index (χ1v) is 9.62. The van der Waals surface area contributed by atoms with E-state index in [1.807, 2.05) is 31.2 Å². The van der Waals surface area contributed by atoms with Crippen LogP contribution >= 0.6 is 0 Å². The van der Waals surface area contributed by atoms with E-state index in [9.17, 15) is 13.2 Å². The molecule has 1 N–H and O–H groups in total. The van der Waals surface area contributed by atoms with E-state index in [4.69, 9.17) is 9.47 Å². The zero-order chi connectivity index (χ0) is 19.3. The predicted molar refractivity (Wildman–Crippen MR) is 99.0 cm³/mol. The second-order valence-corrected chi connectivity index (χ2v) is 7.78. The number of hydrogen-bond acceptors (Lipinski definition) is 5. The minimum atomic E-state index is -3.79. The highest BCUT2D eigenvalue weighted by Crippen LogP contribution is 2.18. The van der Waals surface area contributed by atoms with Gasteiger partial charge in [-0.2, -0.15) is 0 Å². The smallest absolute Gasteiger partial charge is 0.338 e. The van der Waals surface area contributed by atoms with Crippen molar-refractivity contribution in [2.24, 2.45) is 0 Å². The molecule has 0 heterocycles. The van der Waals surface area contributed by atoms with E-state index >= 15 is 0 Å². The van der Waals surface area contributed by atoms with Crippen LogP contribution in [0.25, 0.3) is 0 Å². The van der Waals surface area contributed by atoms with E-state index in [0.717, 1.165) is 5.56 Å². The summed E-state index contributed by atoms with van der Waals surface area (Å²) in [6.45, 7) is 5.53. The van der Waals surface area contributed by atoms with E-state index in [1.54, 1.807) is 19.9 Å². The van der Waals surface area contributed by atoms with Gasteiger partial charge in [0.05, 0.1) is 23.6 Å². The first-order valence-electron chi connectivity index (χ1n) is 8.14. The maximum Gasteiger partial charge on any atom is 0.338 e. The number of benzene rings is 2. The van der Waals surface area contributed by atoms with Gasteiger partial charge in [0.15, 0.2) is 0 Å². The molecule has 0 aliphatic heterocycles. The van der Waals surface area contributed by atoms with Crippen LogP contribution in [0.15, 0.2) is 47.4 Å². The van der Waals surface area contributed by atoms with Crippen molar-refractivity contribution < 1.29 is 22.7 Å². The Morgan fingerprint density at radius 3 is 2.46 bits per heavy atom. The zero-order valence-corrected chi connectivity index (χ0v) is 16.1. The van der Waals surface area contributed by atoms with Crippen LogP contribution in [0.3, 0.4) is 0 Å². The molecule has 0 radical (unpaired) electrons. The molecule has 0 fully saturated rings. The molecule has 0 aliphatic carbocycles. The van der Waals surface area contributed by atoms with Crippen molar-refractivity contribution in [2.45, 2.75) is 31.7 Å². The second-order valence-electron chi connectivity index (χ2n) is 6.07. The lowest BCUT2D eigenvalue weighted by Crippen LogP contribution is -2.36. The number of esters is 1. The van der Waals surface area contributed by atoms with Gasteiger partial charge >= 0.3 is 5.97 Å². The van der Waals surface area contributed by atoms with Gasteiger partial charge in [0.25, 0.3) is 0 Å². The Morgan fingerprint density at radius 2 is 1.81 bits per heavy atom. The van der Waals surface area contributed by atoms with Crippen LogP contribution in [-0.4, -0.2) is 34.1 Å². The Hall–Kier alpha value is -2.38. The Bertz CT molecular complexity index is 893. The molecular formula is C19H23NO5S. The van der Waals surface area contributed by atoms with Crippen LogP contribution in [-0.2, 0) is 14.8 Å². The number of carbonyl (C=O) groups excluding carboxylic acids is 1. The van der Waals surface area contributed by atoms with Gasteiger partial charge in [-0.05, 0) is 50.1 Å². The number of aryl methyl sites for hydroxylation is 2. The normalized spacial score (nSPS) is 12.5. The monoisotopic (exact) mass is 377 g/mol.